The molecule has 1 aromatic carbocycles. The van der Waals surface area contributed by atoms with E-state index in [9.17, 15) is 9.59 Å². The Hall–Kier alpha value is -5.04. The molecule has 44 heavy (non-hydrogen) atoms. The number of para-hydroxylation sites is 1. The highest BCUT2D eigenvalue weighted by Crippen LogP contribution is 2.31. The standard InChI is InChI=1S/C37H35N5O2/c1-22-9-8-10-26-32(22)42(34-25(21-43)11-15-28(40-34)23-12-17-30(38-19-23)36(2,3)4)35-27(33(26)44)14-16-29(41-35)24-13-18-31(39-20-24)37(5,6)7/h8-21H,1-7H3. The van der Waals surface area contributed by atoms with Crippen molar-refractivity contribution in [2.24, 2.45) is 0 Å². The Balaban J connectivity index is 1.64. The van der Waals surface area contributed by atoms with Crippen LogP contribution in [0.1, 0.15) is 68.9 Å². The number of pyridine rings is 5. The molecule has 6 aromatic rings. The Labute approximate surface area is 256 Å². The number of aromatic nitrogens is 5. The number of benzene rings is 1. The second kappa shape index (κ2) is 10.6. The first kappa shape index (κ1) is 29.1. The van der Waals surface area contributed by atoms with E-state index in [0.717, 1.165) is 34.4 Å². The van der Waals surface area contributed by atoms with Crippen LogP contribution in [0.5, 0.6) is 0 Å². The monoisotopic (exact) mass is 581 g/mol. The minimum absolute atomic E-state index is 0.0865. The van der Waals surface area contributed by atoms with Gasteiger partial charge in [-0.2, -0.15) is 0 Å². The van der Waals surface area contributed by atoms with E-state index >= 15 is 0 Å². The second-order valence-electron chi connectivity index (χ2n) is 13.3. The maximum absolute atomic E-state index is 13.8. The molecule has 7 heteroatoms. The summed E-state index contributed by atoms with van der Waals surface area (Å²) in [6.07, 6.45) is 4.42. The highest BCUT2D eigenvalue weighted by molar-refractivity contribution is 5.97. The van der Waals surface area contributed by atoms with E-state index in [0.29, 0.717) is 44.7 Å². The summed E-state index contributed by atoms with van der Waals surface area (Å²) in [5.74, 6) is 0.396. The molecular weight excluding hydrogens is 546 g/mol. The summed E-state index contributed by atoms with van der Waals surface area (Å²) in [6, 6.07) is 20.9. The number of nitrogens with zero attached hydrogens (tertiary/aromatic N) is 5. The molecule has 0 unspecified atom stereocenters. The molecule has 0 aliphatic heterocycles. The summed E-state index contributed by atoms with van der Waals surface area (Å²) in [6.45, 7) is 14.7. The lowest BCUT2D eigenvalue weighted by Crippen LogP contribution is -2.15. The Morgan fingerprint density at radius 3 is 1.82 bits per heavy atom. The Bertz CT molecular complexity index is 2120. The van der Waals surface area contributed by atoms with Gasteiger partial charge in [0.2, 0.25) is 0 Å². The number of carbonyl (C=O) groups is 1. The number of hydrogen-bond donors (Lipinski definition) is 0. The van der Waals surface area contributed by atoms with E-state index in [1.54, 1.807) is 12.1 Å². The van der Waals surface area contributed by atoms with Gasteiger partial charge in [0.1, 0.15) is 5.82 Å². The average Bonchev–Trinajstić information content (AvgIpc) is 3.00. The van der Waals surface area contributed by atoms with Crippen molar-refractivity contribution in [1.82, 2.24) is 24.5 Å². The molecule has 0 fully saturated rings. The minimum atomic E-state index is -0.124. The van der Waals surface area contributed by atoms with Crippen molar-refractivity contribution >= 4 is 28.2 Å². The van der Waals surface area contributed by atoms with E-state index in [4.69, 9.17) is 9.97 Å². The van der Waals surface area contributed by atoms with Crippen molar-refractivity contribution in [3.8, 4) is 28.3 Å². The van der Waals surface area contributed by atoms with Crippen molar-refractivity contribution in [2.75, 3.05) is 0 Å². The minimum Gasteiger partial charge on any atom is -0.298 e. The first-order chi connectivity index (χ1) is 20.9. The summed E-state index contributed by atoms with van der Waals surface area (Å²) in [4.78, 5) is 45.7. The zero-order valence-corrected chi connectivity index (χ0v) is 26.1. The molecule has 7 nitrogen and oxygen atoms in total. The van der Waals surface area contributed by atoms with Gasteiger partial charge in [-0.1, -0.05) is 53.7 Å². The molecule has 0 bridgehead atoms. The van der Waals surface area contributed by atoms with Crippen LogP contribution in [-0.4, -0.2) is 30.8 Å². The first-order valence-electron chi connectivity index (χ1n) is 14.7. The summed E-state index contributed by atoms with van der Waals surface area (Å²) in [5, 5.41) is 0.967. The van der Waals surface area contributed by atoms with Gasteiger partial charge in [0.05, 0.1) is 27.9 Å². The van der Waals surface area contributed by atoms with Crippen molar-refractivity contribution < 1.29 is 4.79 Å². The summed E-state index contributed by atoms with van der Waals surface area (Å²) in [7, 11) is 0. The predicted molar refractivity (Wildman–Crippen MR) is 177 cm³/mol. The average molecular weight is 582 g/mol. The fraction of sp³-hybridized carbons (Fsp3) is 0.243. The molecule has 0 spiro atoms. The van der Waals surface area contributed by atoms with Crippen molar-refractivity contribution in [1.29, 1.82) is 0 Å². The number of fused-ring (bicyclic) bond motifs is 2. The number of hydrogen-bond acceptors (Lipinski definition) is 6. The molecule has 5 aromatic heterocycles. The van der Waals surface area contributed by atoms with Crippen molar-refractivity contribution in [3.05, 3.63) is 112 Å². The van der Waals surface area contributed by atoms with Gasteiger partial charge in [0, 0.05) is 51.1 Å². The smallest absolute Gasteiger partial charge is 0.198 e. The van der Waals surface area contributed by atoms with Gasteiger partial charge >= 0.3 is 0 Å². The molecule has 0 saturated carbocycles. The van der Waals surface area contributed by atoms with Gasteiger partial charge in [-0.25, -0.2) is 9.97 Å². The molecule has 0 amide bonds. The van der Waals surface area contributed by atoms with Crippen LogP contribution in [0.15, 0.2) is 83.9 Å². The van der Waals surface area contributed by atoms with Crippen LogP contribution in [0.2, 0.25) is 0 Å². The summed E-state index contributed by atoms with van der Waals surface area (Å²) in [5.41, 5.74) is 6.94. The van der Waals surface area contributed by atoms with Crippen LogP contribution in [0.4, 0.5) is 0 Å². The normalized spacial score (nSPS) is 12.2. The van der Waals surface area contributed by atoms with Gasteiger partial charge in [0.15, 0.2) is 17.4 Å². The fourth-order valence-electron chi connectivity index (χ4n) is 5.42. The largest absolute Gasteiger partial charge is 0.298 e. The zero-order chi connectivity index (χ0) is 31.4. The van der Waals surface area contributed by atoms with Crippen molar-refractivity contribution in [3.63, 3.8) is 0 Å². The summed E-state index contributed by atoms with van der Waals surface area (Å²) >= 11 is 0. The zero-order valence-electron chi connectivity index (χ0n) is 26.1. The molecule has 0 aliphatic carbocycles. The fourth-order valence-corrected chi connectivity index (χ4v) is 5.42. The number of aryl methyl sites for hydroxylation is 1. The van der Waals surface area contributed by atoms with Gasteiger partial charge in [-0.3, -0.25) is 24.1 Å². The quantitative estimate of drug-likeness (QED) is 0.156. The van der Waals surface area contributed by atoms with Gasteiger partial charge in [0.25, 0.3) is 0 Å². The first-order valence-corrected chi connectivity index (χ1v) is 14.7. The molecule has 0 saturated heterocycles. The van der Waals surface area contributed by atoms with Crippen LogP contribution < -0.4 is 5.43 Å². The van der Waals surface area contributed by atoms with Gasteiger partial charge in [-0.05, 0) is 67.1 Å². The van der Waals surface area contributed by atoms with E-state index in [1.165, 1.54) is 0 Å². The van der Waals surface area contributed by atoms with E-state index < -0.39 is 0 Å². The van der Waals surface area contributed by atoms with Crippen LogP contribution in [0.25, 0.3) is 50.3 Å². The molecule has 5 heterocycles. The number of rotatable bonds is 4. The Kier molecular flexibility index (Phi) is 7.00. The van der Waals surface area contributed by atoms with E-state index in [-0.39, 0.29) is 16.3 Å². The lowest BCUT2D eigenvalue weighted by Gasteiger charge is -2.19. The molecule has 0 atom stereocenters. The van der Waals surface area contributed by atoms with Crippen LogP contribution in [0.3, 0.4) is 0 Å². The lowest BCUT2D eigenvalue weighted by atomic mass is 9.91. The van der Waals surface area contributed by atoms with Gasteiger partial charge < -0.3 is 0 Å². The highest BCUT2D eigenvalue weighted by Gasteiger charge is 2.21. The van der Waals surface area contributed by atoms with E-state index in [2.05, 4.69) is 51.5 Å². The van der Waals surface area contributed by atoms with Crippen LogP contribution >= 0.6 is 0 Å². The maximum atomic E-state index is 13.8. The third-order valence-corrected chi connectivity index (χ3v) is 7.94. The highest BCUT2D eigenvalue weighted by atomic mass is 16.1. The third kappa shape index (κ3) is 5.08. The topological polar surface area (TPSA) is 90.6 Å². The predicted octanol–water partition coefficient (Wildman–Crippen LogP) is 7.77. The van der Waals surface area contributed by atoms with Crippen molar-refractivity contribution in [2.45, 2.75) is 59.3 Å². The van der Waals surface area contributed by atoms with Crippen LogP contribution in [-0.2, 0) is 10.8 Å². The molecule has 6 rings (SSSR count). The molecule has 0 aliphatic rings. The Morgan fingerprint density at radius 1 is 0.682 bits per heavy atom. The second-order valence-corrected chi connectivity index (χ2v) is 13.3. The van der Waals surface area contributed by atoms with Gasteiger partial charge in [-0.15, -0.1) is 0 Å². The Morgan fingerprint density at radius 2 is 1.27 bits per heavy atom. The molecule has 0 radical (unpaired) electrons. The SMILES string of the molecule is Cc1cccc2c(=O)c3ccc(-c4ccc(C(C)(C)C)nc4)nc3n(-c3nc(-c4ccc(C(C)(C)C)nc4)ccc3C=O)c12. The number of carbonyl (C=O) groups excluding carboxylic acids is 1. The number of aldehydes is 1. The maximum Gasteiger partial charge on any atom is 0.198 e. The van der Waals surface area contributed by atoms with Crippen LogP contribution in [0, 0.1) is 6.92 Å². The molecule has 220 valence electrons. The lowest BCUT2D eigenvalue weighted by molar-refractivity contribution is 0.112. The molecule has 0 N–H and O–H groups in total. The van der Waals surface area contributed by atoms with E-state index in [1.807, 2.05) is 78.5 Å². The molecular formula is C37H35N5O2. The summed E-state index contributed by atoms with van der Waals surface area (Å²) < 4.78 is 1.85. The third-order valence-electron chi connectivity index (χ3n) is 7.94.